The number of para-hydroxylation sites is 2. The molecule has 260 valence electrons. The normalized spacial score (nSPS) is 14.9. The van der Waals surface area contributed by atoms with Crippen LogP contribution in [0.15, 0.2) is 194 Å². The first-order valence-corrected chi connectivity index (χ1v) is 19.1. The van der Waals surface area contributed by atoms with Gasteiger partial charge in [0, 0.05) is 33.2 Å². The highest BCUT2D eigenvalue weighted by Crippen LogP contribution is 2.64. The van der Waals surface area contributed by atoms with Crippen molar-refractivity contribution in [1.29, 1.82) is 0 Å². The number of hydrogen-bond donors (Lipinski definition) is 0. The van der Waals surface area contributed by atoms with E-state index in [1.165, 1.54) is 66.3 Å². The summed E-state index contributed by atoms with van der Waals surface area (Å²) in [4.78, 5) is 15.3. The summed E-state index contributed by atoms with van der Waals surface area (Å²) in [5.74, 6) is 1.96. The summed E-state index contributed by atoms with van der Waals surface area (Å²) < 4.78 is 2.42. The highest BCUT2D eigenvalue weighted by molar-refractivity contribution is 6.19. The van der Waals surface area contributed by atoms with Gasteiger partial charge in [-0.05, 0) is 74.8 Å². The second-order valence-electron chi connectivity index (χ2n) is 14.7. The molecular formula is C52H32N4. The second-order valence-corrected chi connectivity index (χ2v) is 14.7. The van der Waals surface area contributed by atoms with Crippen LogP contribution in [0.1, 0.15) is 22.3 Å². The Morgan fingerprint density at radius 3 is 1.59 bits per heavy atom. The Balaban J connectivity index is 1.16. The number of aromatic nitrogens is 4. The highest BCUT2D eigenvalue weighted by Gasteiger charge is 2.52. The predicted octanol–water partition coefficient (Wildman–Crippen LogP) is 12.3. The third-order valence-corrected chi connectivity index (χ3v) is 11.9. The van der Waals surface area contributed by atoms with Crippen molar-refractivity contribution in [1.82, 2.24) is 19.5 Å². The molecule has 4 nitrogen and oxygen atoms in total. The van der Waals surface area contributed by atoms with Gasteiger partial charge in [0.05, 0.1) is 16.4 Å². The molecule has 0 amide bonds. The number of hydrogen-bond acceptors (Lipinski definition) is 3. The lowest BCUT2D eigenvalue weighted by atomic mass is 9.70. The van der Waals surface area contributed by atoms with Gasteiger partial charge in [-0.15, -0.1) is 0 Å². The lowest BCUT2D eigenvalue weighted by Crippen LogP contribution is -2.26. The third-order valence-electron chi connectivity index (χ3n) is 11.9. The molecule has 1 unspecified atom stereocenters. The van der Waals surface area contributed by atoms with E-state index in [0.29, 0.717) is 17.5 Å². The molecule has 1 spiro atoms. The van der Waals surface area contributed by atoms with Gasteiger partial charge >= 0.3 is 0 Å². The Labute approximate surface area is 324 Å². The van der Waals surface area contributed by atoms with Crippen LogP contribution in [0, 0.1) is 0 Å². The molecule has 2 heterocycles. The van der Waals surface area contributed by atoms with Crippen molar-refractivity contribution in [3.05, 3.63) is 216 Å². The summed E-state index contributed by atoms with van der Waals surface area (Å²) in [5.41, 5.74) is 16.1. The van der Waals surface area contributed by atoms with Gasteiger partial charge in [-0.2, -0.15) is 0 Å². The first kappa shape index (κ1) is 31.0. The van der Waals surface area contributed by atoms with Crippen LogP contribution >= 0.6 is 0 Å². The van der Waals surface area contributed by atoms with Gasteiger partial charge in [0.2, 0.25) is 0 Å². The van der Waals surface area contributed by atoms with Crippen LogP contribution in [0.4, 0.5) is 0 Å². The highest BCUT2D eigenvalue weighted by atomic mass is 15.0. The summed E-state index contributed by atoms with van der Waals surface area (Å²) in [6.45, 7) is 0. The molecule has 0 saturated carbocycles. The van der Waals surface area contributed by atoms with E-state index in [1.807, 2.05) is 36.4 Å². The van der Waals surface area contributed by atoms with E-state index in [9.17, 15) is 0 Å². The molecule has 0 bridgehead atoms. The molecule has 0 aliphatic heterocycles. The smallest absolute Gasteiger partial charge is 0.164 e. The molecule has 2 aromatic heterocycles. The van der Waals surface area contributed by atoms with Crippen LogP contribution in [0.2, 0.25) is 0 Å². The molecule has 12 rings (SSSR count). The number of fused-ring (bicyclic) bond motifs is 14. The zero-order chi connectivity index (χ0) is 36.8. The molecule has 2 aliphatic rings. The topological polar surface area (TPSA) is 43.6 Å². The molecule has 8 aromatic carbocycles. The average molecular weight is 713 g/mol. The molecule has 1 atom stereocenters. The largest absolute Gasteiger partial charge is 0.309 e. The van der Waals surface area contributed by atoms with Crippen LogP contribution in [0.3, 0.4) is 0 Å². The maximum atomic E-state index is 5.16. The minimum absolute atomic E-state index is 0.546. The molecular weight excluding hydrogens is 681 g/mol. The number of rotatable bonds is 4. The summed E-state index contributed by atoms with van der Waals surface area (Å²) in [6, 6.07) is 69.6. The van der Waals surface area contributed by atoms with Gasteiger partial charge in [0.1, 0.15) is 0 Å². The van der Waals surface area contributed by atoms with Gasteiger partial charge < -0.3 is 4.57 Å². The molecule has 0 saturated heterocycles. The van der Waals surface area contributed by atoms with Gasteiger partial charge in [-0.1, -0.05) is 164 Å². The van der Waals surface area contributed by atoms with E-state index in [2.05, 4.69) is 162 Å². The summed E-state index contributed by atoms with van der Waals surface area (Å²) in [5, 5.41) is 2.54. The van der Waals surface area contributed by atoms with Crippen molar-refractivity contribution < 1.29 is 0 Å². The molecule has 10 aromatic rings. The second kappa shape index (κ2) is 11.8. The zero-order valence-electron chi connectivity index (χ0n) is 30.3. The molecule has 0 fully saturated rings. The third kappa shape index (κ3) is 4.21. The maximum absolute atomic E-state index is 5.16. The number of nitrogens with zero attached hydrogens (tertiary/aromatic N) is 4. The fourth-order valence-corrected chi connectivity index (χ4v) is 9.62. The lowest BCUT2D eigenvalue weighted by Gasteiger charge is -2.30. The van der Waals surface area contributed by atoms with Crippen molar-refractivity contribution in [3.63, 3.8) is 0 Å². The minimum atomic E-state index is -0.546. The molecule has 4 heteroatoms. The van der Waals surface area contributed by atoms with E-state index in [1.54, 1.807) is 0 Å². The monoisotopic (exact) mass is 712 g/mol. The SMILES string of the molecule is c1ccc(-c2nc(-c3ccccc3)nc(-c3ccc4c(c3)C3(c5ccccc5-4)c4ccccc4-c4c3ccc3c4c4ccccc4n3-c3ccccc3)n2)cc1. The van der Waals surface area contributed by atoms with E-state index in [-0.39, 0.29) is 0 Å². The summed E-state index contributed by atoms with van der Waals surface area (Å²) in [6.07, 6.45) is 0. The van der Waals surface area contributed by atoms with Crippen molar-refractivity contribution in [3.8, 4) is 62.1 Å². The van der Waals surface area contributed by atoms with Gasteiger partial charge in [0.15, 0.2) is 17.5 Å². The van der Waals surface area contributed by atoms with Gasteiger partial charge in [0.25, 0.3) is 0 Å². The van der Waals surface area contributed by atoms with E-state index in [0.717, 1.165) is 22.4 Å². The van der Waals surface area contributed by atoms with E-state index >= 15 is 0 Å². The Bertz CT molecular complexity index is 3130. The van der Waals surface area contributed by atoms with E-state index < -0.39 is 5.41 Å². The first-order chi connectivity index (χ1) is 27.8. The molecule has 0 N–H and O–H groups in total. The Morgan fingerprint density at radius 1 is 0.357 bits per heavy atom. The predicted molar refractivity (Wildman–Crippen MR) is 227 cm³/mol. The van der Waals surface area contributed by atoms with Crippen LogP contribution < -0.4 is 0 Å². The Kier molecular flexibility index (Phi) is 6.52. The summed E-state index contributed by atoms with van der Waals surface area (Å²) in [7, 11) is 0. The molecule has 0 radical (unpaired) electrons. The van der Waals surface area contributed by atoms with Crippen LogP contribution in [-0.4, -0.2) is 19.5 Å². The maximum Gasteiger partial charge on any atom is 0.164 e. The number of benzene rings is 8. The standard InChI is InChI=1S/C52H32N4/c1-4-16-33(17-5-1)49-53-50(34-18-6-2-7-19-34)55-51(54-49)35-28-29-38-37-22-10-13-25-41(37)52(44(38)32-35)42-26-14-11-23-39(42)47-43(52)30-31-46-48(47)40-24-12-15-27-45(40)56(46)36-20-8-3-9-21-36/h1-32H. The first-order valence-electron chi connectivity index (χ1n) is 19.1. The summed E-state index contributed by atoms with van der Waals surface area (Å²) >= 11 is 0. The van der Waals surface area contributed by atoms with Crippen LogP contribution in [0.5, 0.6) is 0 Å². The zero-order valence-corrected chi connectivity index (χ0v) is 30.3. The molecule has 56 heavy (non-hydrogen) atoms. The van der Waals surface area contributed by atoms with Gasteiger partial charge in [-0.3, -0.25) is 0 Å². The van der Waals surface area contributed by atoms with Crippen molar-refractivity contribution in [2.45, 2.75) is 5.41 Å². The van der Waals surface area contributed by atoms with Crippen molar-refractivity contribution in [2.75, 3.05) is 0 Å². The Morgan fingerprint density at radius 2 is 0.893 bits per heavy atom. The lowest BCUT2D eigenvalue weighted by molar-refractivity contribution is 0.794. The fraction of sp³-hybridized carbons (Fsp3) is 0.0192. The van der Waals surface area contributed by atoms with Crippen molar-refractivity contribution >= 4 is 21.8 Å². The van der Waals surface area contributed by atoms with Crippen LogP contribution in [0.25, 0.3) is 83.9 Å². The van der Waals surface area contributed by atoms with Crippen molar-refractivity contribution in [2.24, 2.45) is 0 Å². The Hall–Kier alpha value is -7.43. The van der Waals surface area contributed by atoms with Crippen LogP contribution in [-0.2, 0) is 5.41 Å². The molecule has 2 aliphatic carbocycles. The fourth-order valence-electron chi connectivity index (χ4n) is 9.62. The van der Waals surface area contributed by atoms with E-state index in [4.69, 9.17) is 15.0 Å². The van der Waals surface area contributed by atoms with Gasteiger partial charge in [-0.25, -0.2) is 15.0 Å². The minimum Gasteiger partial charge on any atom is -0.309 e. The average Bonchev–Trinajstić information content (AvgIpc) is 3.88. The quantitative estimate of drug-likeness (QED) is 0.182.